The van der Waals surface area contributed by atoms with E-state index in [1.807, 2.05) is 30.3 Å². The van der Waals surface area contributed by atoms with Gasteiger partial charge in [0.05, 0.1) is 16.3 Å². The predicted molar refractivity (Wildman–Crippen MR) is 155 cm³/mol. The Balaban J connectivity index is 1.27. The molecule has 1 amide bonds. The number of carbonyl (C=O) groups excluding carboxylic acids is 1. The molecule has 0 spiro atoms. The van der Waals surface area contributed by atoms with Gasteiger partial charge in [0.2, 0.25) is 15.9 Å². The van der Waals surface area contributed by atoms with Gasteiger partial charge in [-0.1, -0.05) is 48.0 Å². The summed E-state index contributed by atoms with van der Waals surface area (Å²) in [6.07, 6.45) is 2.11. The van der Waals surface area contributed by atoms with Gasteiger partial charge in [-0.05, 0) is 80.1 Å². The molecule has 1 fully saturated rings. The summed E-state index contributed by atoms with van der Waals surface area (Å²) in [6.45, 7) is 2.33. The van der Waals surface area contributed by atoms with Crippen molar-refractivity contribution in [1.29, 1.82) is 0 Å². The van der Waals surface area contributed by atoms with Crippen LogP contribution in [-0.4, -0.2) is 45.9 Å². The molecule has 3 aromatic rings. The Morgan fingerprint density at radius 2 is 1.59 bits per heavy atom. The fourth-order valence-electron chi connectivity index (χ4n) is 4.51. The van der Waals surface area contributed by atoms with Crippen molar-refractivity contribution in [3.63, 3.8) is 0 Å². The van der Waals surface area contributed by atoms with Crippen molar-refractivity contribution in [2.24, 2.45) is 5.92 Å². The number of piperidine rings is 1. The lowest BCUT2D eigenvalue weighted by molar-refractivity contribution is -0.120. The first-order chi connectivity index (χ1) is 18.5. The van der Waals surface area contributed by atoms with Crippen LogP contribution in [0.5, 0.6) is 0 Å². The number of nitrogens with one attached hydrogen (secondary N) is 2. The van der Waals surface area contributed by atoms with E-state index in [2.05, 4.69) is 10.0 Å². The largest absolute Gasteiger partial charge is 0.326 e. The Morgan fingerprint density at radius 3 is 2.26 bits per heavy atom. The normalized spacial score (nSPS) is 15.1. The monoisotopic (exact) mass is 589 g/mol. The van der Waals surface area contributed by atoms with Crippen LogP contribution in [0.15, 0.2) is 77.7 Å². The van der Waals surface area contributed by atoms with Gasteiger partial charge in [-0.25, -0.2) is 21.1 Å². The number of hydrogen-bond donors (Lipinski definition) is 2. The molecular formula is C28H32ClN3O5S2. The zero-order valence-electron chi connectivity index (χ0n) is 21.6. The standard InChI is InChI=1S/C28H32ClN3O5S2/c1-21-26(29)10-5-11-27(21)31-39(36,37)25-14-12-24(13-15-25)30-28(33)23-16-18-32(19-17-23)38(34,35)20-6-9-22-7-3-2-4-8-22/h2-5,7-8,10-15,23,31H,6,9,16-20H2,1H3,(H,30,33). The first kappa shape index (κ1) is 29.1. The van der Waals surface area contributed by atoms with E-state index < -0.39 is 20.0 Å². The summed E-state index contributed by atoms with van der Waals surface area (Å²) in [7, 11) is -7.22. The molecule has 1 saturated heterocycles. The Bertz CT molecular complexity index is 1500. The van der Waals surface area contributed by atoms with Crippen LogP contribution in [0.4, 0.5) is 11.4 Å². The molecule has 2 N–H and O–H groups in total. The highest BCUT2D eigenvalue weighted by molar-refractivity contribution is 7.92. The molecule has 0 bridgehead atoms. The van der Waals surface area contributed by atoms with Crippen LogP contribution < -0.4 is 10.0 Å². The SMILES string of the molecule is Cc1c(Cl)cccc1NS(=O)(=O)c1ccc(NC(=O)C2CCN(S(=O)(=O)CCCc3ccccc3)CC2)cc1. The van der Waals surface area contributed by atoms with Crippen molar-refractivity contribution < 1.29 is 21.6 Å². The quantitative estimate of drug-likeness (QED) is 0.343. The lowest BCUT2D eigenvalue weighted by Gasteiger charge is -2.30. The highest BCUT2D eigenvalue weighted by Crippen LogP contribution is 2.26. The average Bonchev–Trinajstić information content (AvgIpc) is 2.92. The number of benzene rings is 3. The van der Waals surface area contributed by atoms with Crippen LogP contribution in [-0.2, 0) is 31.3 Å². The van der Waals surface area contributed by atoms with Gasteiger partial charge in [0.1, 0.15) is 0 Å². The lowest BCUT2D eigenvalue weighted by Crippen LogP contribution is -2.42. The number of anilines is 2. The van der Waals surface area contributed by atoms with Crippen LogP contribution in [0.25, 0.3) is 0 Å². The van der Waals surface area contributed by atoms with E-state index in [1.165, 1.54) is 28.6 Å². The molecule has 0 atom stereocenters. The van der Waals surface area contributed by atoms with E-state index in [1.54, 1.807) is 25.1 Å². The van der Waals surface area contributed by atoms with E-state index in [0.717, 1.165) is 5.56 Å². The van der Waals surface area contributed by atoms with Gasteiger partial charge in [0, 0.05) is 29.7 Å². The fraction of sp³-hybridized carbons (Fsp3) is 0.321. The molecule has 11 heteroatoms. The number of aryl methyl sites for hydroxylation is 1. The van der Waals surface area contributed by atoms with Crippen LogP contribution in [0.3, 0.4) is 0 Å². The minimum absolute atomic E-state index is 0.0469. The average molecular weight is 590 g/mol. The first-order valence-electron chi connectivity index (χ1n) is 12.8. The fourth-order valence-corrected chi connectivity index (χ4v) is 7.34. The van der Waals surface area contributed by atoms with Gasteiger partial charge in [-0.3, -0.25) is 9.52 Å². The highest BCUT2D eigenvalue weighted by Gasteiger charge is 2.31. The van der Waals surface area contributed by atoms with E-state index in [0.29, 0.717) is 60.7 Å². The summed E-state index contributed by atoms with van der Waals surface area (Å²) in [5.74, 6) is -0.448. The number of carbonyl (C=O) groups is 1. The Labute approximate surface area is 235 Å². The van der Waals surface area contributed by atoms with Crippen molar-refractivity contribution >= 4 is 48.9 Å². The molecule has 0 aliphatic carbocycles. The zero-order valence-corrected chi connectivity index (χ0v) is 24.0. The van der Waals surface area contributed by atoms with E-state index in [-0.39, 0.29) is 22.5 Å². The van der Waals surface area contributed by atoms with Crippen molar-refractivity contribution in [3.05, 3.63) is 88.9 Å². The van der Waals surface area contributed by atoms with E-state index >= 15 is 0 Å². The van der Waals surface area contributed by atoms with Gasteiger partial charge in [0.25, 0.3) is 10.0 Å². The predicted octanol–water partition coefficient (Wildman–Crippen LogP) is 5.06. The molecule has 1 heterocycles. The summed E-state index contributed by atoms with van der Waals surface area (Å²) in [4.78, 5) is 12.9. The smallest absolute Gasteiger partial charge is 0.261 e. The highest BCUT2D eigenvalue weighted by atomic mass is 35.5. The molecule has 0 aromatic heterocycles. The molecule has 1 aliphatic heterocycles. The van der Waals surface area contributed by atoms with Crippen LogP contribution in [0.1, 0.15) is 30.4 Å². The number of amides is 1. The summed E-state index contributed by atoms with van der Waals surface area (Å²) < 4.78 is 55.2. The Kier molecular flexibility index (Phi) is 9.32. The molecule has 0 radical (unpaired) electrons. The van der Waals surface area contributed by atoms with Crippen LogP contribution >= 0.6 is 11.6 Å². The maximum Gasteiger partial charge on any atom is 0.261 e. The molecular weight excluding hydrogens is 558 g/mol. The third-order valence-electron chi connectivity index (χ3n) is 6.87. The third-order valence-corrected chi connectivity index (χ3v) is 10.6. The molecule has 3 aromatic carbocycles. The van der Waals surface area contributed by atoms with Gasteiger partial charge in [0.15, 0.2) is 0 Å². The van der Waals surface area contributed by atoms with Gasteiger partial charge >= 0.3 is 0 Å². The molecule has 0 saturated carbocycles. The lowest BCUT2D eigenvalue weighted by atomic mass is 9.97. The van der Waals surface area contributed by atoms with Crippen LogP contribution in [0, 0.1) is 12.8 Å². The van der Waals surface area contributed by atoms with Gasteiger partial charge in [-0.2, -0.15) is 0 Å². The van der Waals surface area contributed by atoms with Gasteiger partial charge < -0.3 is 5.32 Å². The molecule has 8 nitrogen and oxygen atoms in total. The molecule has 208 valence electrons. The Hall–Kier alpha value is -2.92. The second-order valence-electron chi connectivity index (χ2n) is 9.61. The van der Waals surface area contributed by atoms with Crippen molar-refractivity contribution in [3.8, 4) is 0 Å². The van der Waals surface area contributed by atoms with E-state index in [9.17, 15) is 21.6 Å². The zero-order chi connectivity index (χ0) is 28.0. The topological polar surface area (TPSA) is 113 Å². The second-order valence-corrected chi connectivity index (χ2v) is 13.8. The maximum atomic E-state index is 12.8. The summed E-state index contributed by atoms with van der Waals surface area (Å²) in [5.41, 5.74) is 2.59. The number of rotatable bonds is 10. The second kappa shape index (κ2) is 12.5. The van der Waals surface area contributed by atoms with Crippen molar-refractivity contribution in [1.82, 2.24) is 4.31 Å². The Morgan fingerprint density at radius 1 is 0.923 bits per heavy atom. The van der Waals surface area contributed by atoms with E-state index in [4.69, 9.17) is 11.6 Å². The first-order valence-corrected chi connectivity index (χ1v) is 16.2. The number of halogens is 1. The minimum atomic E-state index is -3.84. The molecule has 1 aliphatic rings. The molecule has 39 heavy (non-hydrogen) atoms. The molecule has 0 unspecified atom stereocenters. The number of sulfonamides is 2. The van der Waals surface area contributed by atoms with Crippen molar-refractivity contribution in [2.75, 3.05) is 28.9 Å². The molecule has 4 rings (SSSR count). The summed E-state index contributed by atoms with van der Waals surface area (Å²) in [6, 6.07) is 20.7. The maximum absolute atomic E-state index is 12.8. The third kappa shape index (κ3) is 7.60. The number of hydrogen-bond acceptors (Lipinski definition) is 5. The van der Waals surface area contributed by atoms with Crippen LogP contribution in [0.2, 0.25) is 5.02 Å². The number of nitrogens with zero attached hydrogens (tertiary/aromatic N) is 1. The minimum Gasteiger partial charge on any atom is -0.326 e. The van der Waals surface area contributed by atoms with Gasteiger partial charge in [-0.15, -0.1) is 0 Å². The summed E-state index contributed by atoms with van der Waals surface area (Å²) >= 11 is 6.09. The summed E-state index contributed by atoms with van der Waals surface area (Å²) in [5, 5.41) is 3.28. The van der Waals surface area contributed by atoms with Crippen molar-refractivity contribution in [2.45, 2.75) is 37.5 Å².